The highest BCUT2D eigenvalue weighted by Gasteiger charge is 2.46. The molecule has 4 N–H and O–H groups in total. The number of hydrogen-bond donors (Lipinski definition) is 3. The van der Waals surface area contributed by atoms with E-state index in [1.54, 1.807) is 35.8 Å². The van der Waals surface area contributed by atoms with Crippen LogP contribution in [0.5, 0.6) is 0 Å². The first kappa shape index (κ1) is 29.3. The highest BCUT2D eigenvalue weighted by atomic mass is 16.2. The summed E-state index contributed by atoms with van der Waals surface area (Å²) < 4.78 is 0. The number of nitrogens with zero attached hydrogens (tertiary/aromatic N) is 3. The van der Waals surface area contributed by atoms with E-state index in [-0.39, 0.29) is 18.4 Å². The number of amides is 3. The summed E-state index contributed by atoms with van der Waals surface area (Å²) in [5.74, 6) is -0.638. The lowest BCUT2D eigenvalue weighted by Crippen LogP contribution is -2.61. The van der Waals surface area contributed by atoms with Crippen LogP contribution in [0.15, 0.2) is 60.8 Å². The minimum atomic E-state index is -1.15. The Morgan fingerprint density at radius 1 is 1.07 bits per heavy atom. The Bertz CT molecular complexity index is 1350. The molecule has 40 heavy (non-hydrogen) atoms. The molecule has 0 saturated carbocycles. The highest BCUT2D eigenvalue weighted by molar-refractivity contribution is 5.93. The molecule has 1 aliphatic heterocycles. The van der Waals surface area contributed by atoms with Crippen molar-refractivity contribution in [2.45, 2.75) is 51.1 Å². The fourth-order valence-corrected chi connectivity index (χ4v) is 5.51. The molecule has 1 saturated heterocycles. The Morgan fingerprint density at radius 3 is 2.42 bits per heavy atom. The van der Waals surface area contributed by atoms with E-state index < -0.39 is 22.9 Å². The van der Waals surface area contributed by atoms with Crippen molar-refractivity contribution in [3.63, 3.8) is 0 Å². The van der Waals surface area contributed by atoms with Gasteiger partial charge in [-0.1, -0.05) is 48.5 Å². The molecule has 2 aromatic carbocycles. The van der Waals surface area contributed by atoms with Crippen LogP contribution >= 0.6 is 0 Å². The van der Waals surface area contributed by atoms with Crippen molar-refractivity contribution >= 4 is 28.6 Å². The number of carbonyl (C=O) groups is 3. The van der Waals surface area contributed by atoms with Crippen molar-refractivity contribution < 1.29 is 14.4 Å². The molecular weight excluding hydrogens is 504 g/mol. The summed E-state index contributed by atoms with van der Waals surface area (Å²) in [6.07, 6.45) is 4.05. The van der Waals surface area contributed by atoms with Gasteiger partial charge in [0, 0.05) is 57.8 Å². The van der Waals surface area contributed by atoms with Crippen LogP contribution in [0.25, 0.3) is 10.9 Å². The van der Waals surface area contributed by atoms with Crippen molar-refractivity contribution in [2.75, 3.05) is 34.2 Å². The third-order valence-electron chi connectivity index (χ3n) is 7.91. The van der Waals surface area contributed by atoms with Gasteiger partial charge in [0.05, 0.1) is 11.0 Å². The number of H-pyrrole nitrogens is 1. The SMILES string of the molecule is CN(C)N(C)C(=O)[C@]1(Cc2ccccc2)CCCN(C(=O)C(Cc2c[nH]c3ccccc23)NC(=O)C(C)(C)N)C1. The fraction of sp³-hybridized carbons (Fsp3) is 0.452. The number of aromatic nitrogens is 1. The molecule has 1 fully saturated rings. The molecule has 1 aliphatic rings. The average molecular weight is 547 g/mol. The molecule has 0 bridgehead atoms. The third kappa shape index (κ3) is 6.37. The van der Waals surface area contributed by atoms with E-state index in [4.69, 9.17) is 5.73 Å². The molecule has 0 aliphatic carbocycles. The highest BCUT2D eigenvalue weighted by Crippen LogP contribution is 2.36. The van der Waals surface area contributed by atoms with Gasteiger partial charge >= 0.3 is 0 Å². The number of rotatable bonds is 9. The third-order valence-corrected chi connectivity index (χ3v) is 7.91. The van der Waals surface area contributed by atoms with Crippen molar-refractivity contribution in [1.29, 1.82) is 0 Å². The maximum atomic E-state index is 14.2. The number of carbonyl (C=O) groups excluding carboxylic acids is 3. The summed E-state index contributed by atoms with van der Waals surface area (Å²) >= 11 is 0. The van der Waals surface area contributed by atoms with E-state index in [1.807, 2.05) is 74.9 Å². The smallest absolute Gasteiger partial charge is 0.245 e. The molecule has 2 atom stereocenters. The Hall–Kier alpha value is -3.69. The van der Waals surface area contributed by atoms with Gasteiger partial charge in [0.2, 0.25) is 17.7 Å². The zero-order chi connectivity index (χ0) is 29.1. The molecule has 2 heterocycles. The minimum Gasteiger partial charge on any atom is -0.361 e. The summed E-state index contributed by atoms with van der Waals surface area (Å²) in [5.41, 5.74) is 7.10. The van der Waals surface area contributed by atoms with Crippen LogP contribution in [0.1, 0.15) is 37.8 Å². The van der Waals surface area contributed by atoms with Crippen LogP contribution in [0.3, 0.4) is 0 Å². The Labute approximate surface area is 236 Å². The normalized spacial score (nSPS) is 18.5. The number of para-hydroxylation sites is 1. The van der Waals surface area contributed by atoms with Gasteiger partial charge in [-0.2, -0.15) is 0 Å². The molecule has 1 unspecified atom stereocenters. The summed E-state index contributed by atoms with van der Waals surface area (Å²) in [6.45, 7) is 4.03. The fourth-order valence-electron chi connectivity index (χ4n) is 5.51. The first-order valence-corrected chi connectivity index (χ1v) is 13.8. The largest absolute Gasteiger partial charge is 0.361 e. The van der Waals surface area contributed by atoms with E-state index in [0.717, 1.165) is 22.0 Å². The van der Waals surface area contributed by atoms with Gasteiger partial charge < -0.3 is 20.9 Å². The molecule has 3 aromatic rings. The maximum Gasteiger partial charge on any atom is 0.245 e. The van der Waals surface area contributed by atoms with Crippen LogP contribution in [-0.2, 0) is 27.2 Å². The van der Waals surface area contributed by atoms with Crippen LogP contribution in [-0.4, -0.2) is 83.4 Å². The van der Waals surface area contributed by atoms with E-state index in [2.05, 4.69) is 10.3 Å². The van der Waals surface area contributed by atoms with Crippen LogP contribution in [0.2, 0.25) is 0 Å². The standard InChI is InChI=1S/C31H42N6O3/c1-30(2,32)28(39)34-26(18-23-20-33-25-15-10-9-14-24(23)25)27(38)37-17-11-16-31(21-37,29(40)36(5)35(3)4)19-22-12-7-6-8-13-22/h6-10,12-15,20,26,33H,11,16-19,21,32H2,1-5H3,(H,34,39)/t26?,31-/m0/s1. The van der Waals surface area contributed by atoms with Gasteiger partial charge in [-0.05, 0) is 50.3 Å². The second-order valence-electron chi connectivity index (χ2n) is 11.8. The van der Waals surface area contributed by atoms with E-state index >= 15 is 0 Å². The lowest BCUT2D eigenvalue weighted by molar-refractivity contribution is -0.159. The van der Waals surface area contributed by atoms with E-state index in [0.29, 0.717) is 32.2 Å². The zero-order valence-corrected chi connectivity index (χ0v) is 24.2. The number of nitrogens with two attached hydrogens (primary N) is 1. The van der Waals surface area contributed by atoms with Gasteiger partial charge in [0.15, 0.2) is 0 Å². The summed E-state index contributed by atoms with van der Waals surface area (Å²) in [5, 5.41) is 7.32. The number of hydrogen-bond acceptors (Lipinski definition) is 5. The second-order valence-corrected chi connectivity index (χ2v) is 11.8. The predicted octanol–water partition coefficient (Wildman–Crippen LogP) is 2.72. The number of likely N-dealkylation sites (tertiary alicyclic amines) is 1. The monoisotopic (exact) mass is 546 g/mol. The molecule has 1 aromatic heterocycles. The molecule has 9 nitrogen and oxygen atoms in total. The lowest BCUT2D eigenvalue weighted by atomic mass is 9.74. The molecule has 0 radical (unpaired) electrons. The molecule has 214 valence electrons. The quantitative estimate of drug-likeness (QED) is 0.357. The number of benzene rings is 2. The number of aromatic amines is 1. The molecular formula is C31H42N6O3. The van der Waals surface area contributed by atoms with Gasteiger partial charge in [-0.25, -0.2) is 5.01 Å². The van der Waals surface area contributed by atoms with E-state index in [9.17, 15) is 14.4 Å². The number of hydrazine groups is 1. The molecule has 0 spiro atoms. The van der Waals surface area contributed by atoms with Crippen molar-refractivity contribution in [3.05, 3.63) is 71.9 Å². The summed E-state index contributed by atoms with van der Waals surface area (Å²) in [6, 6.07) is 17.0. The first-order valence-electron chi connectivity index (χ1n) is 13.8. The molecule has 4 rings (SSSR count). The minimum absolute atomic E-state index is 0.0286. The second kappa shape index (κ2) is 11.8. The van der Waals surface area contributed by atoms with Gasteiger partial charge in [0.25, 0.3) is 0 Å². The average Bonchev–Trinajstić information content (AvgIpc) is 3.34. The zero-order valence-electron chi connectivity index (χ0n) is 24.2. The van der Waals surface area contributed by atoms with Crippen LogP contribution in [0, 0.1) is 5.41 Å². The lowest BCUT2D eigenvalue weighted by Gasteiger charge is -2.45. The maximum absolute atomic E-state index is 14.2. The number of fused-ring (bicyclic) bond motifs is 1. The van der Waals surface area contributed by atoms with Crippen molar-refractivity contribution in [3.8, 4) is 0 Å². The number of nitrogens with one attached hydrogen (secondary N) is 2. The summed E-state index contributed by atoms with van der Waals surface area (Å²) in [4.78, 5) is 46.2. The van der Waals surface area contributed by atoms with Crippen LogP contribution in [0.4, 0.5) is 0 Å². The summed E-state index contributed by atoms with van der Waals surface area (Å²) in [7, 11) is 5.43. The molecule has 3 amide bonds. The topological polar surface area (TPSA) is 115 Å². The Balaban J connectivity index is 1.66. The number of piperidine rings is 1. The van der Waals surface area contributed by atoms with Gasteiger partial charge in [-0.15, -0.1) is 0 Å². The molecule has 9 heteroatoms. The van der Waals surface area contributed by atoms with Crippen molar-refractivity contribution in [2.24, 2.45) is 11.1 Å². The van der Waals surface area contributed by atoms with Crippen molar-refractivity contribution in [1.82, 2.24) is 25.2 Å². The first-order chi connectivity index (χ1) is 18.9. The van der Waals surface area contributed by atoms with E-state index in [1.165, 1.54) is 0 Å². The van der Waals surface area contributed by atoms with Gasteiger partial charge in [-0.3, -0.25) is 19.4 Å². The Kier molecular flexibility index (Phi) is 8.65. The predicted molar refractivity (Wildman–Crippen MR) is 157 cm³/mol. The van der Waals surface area contributed by atoms with Crippen LogP contribution < -0.4 is 11.1 Å². The Morgan fingerprint density at radius 2 is 1.75 bits per heavy atom. The van der Waals surface area contributed by atoms with Gasteiger partial charge in [0.1, 0.15) is 6.04 Å².